The quantitative estimate of drug-likeness (QED) is 0.372. The van der Waals surface area contributed by atoms with Gasteiger partial charge in [0.2, 0.25) is 0 Å². The maximum absolute atomic E-state index is 11.2. The van der Waals surface area contributed by atoms with Crippen LogP contribution < -0.4 is 0 Å². The Bertz CT molecular complexity index is 259. The van der Waals surface area contributed by atoms with E-state index in [9.17, 15) is 14.4 Å². The molecule has 0 N–H and O–H groups in total. The van der Waals surface area contributed by atoms with Crippen molar-refractivity contribution in [1.82, 2.24) is 0 Å². The van der Waals surface area contributed by atoms with Gasteiger partial charge in [0.05, 0.1) is 5.92 Å². The predicted octanol–water partition coefficient (Wildman–Crippen LogP) is 1.10. The number of ketones is 1. The van der Waals surface area contributed by atoms with Gasteiger partial charge in [-0.15, -0.1) is 0 Å². The summed E-state index contributed by atoms with van der Waals surface area (Å²) in [5.74, 6) is -1.29. The van der Waals surface area contributed by atoms with E-state index in [1.165, 1.54) is 6.92 Å². The minimum Gasteiger partial charge on any atom is -0.462 e. The highest BCUT2D eigenvalue weighted by atomic mass is 16.6. The molecule has 0 aliphatic heterocycles. The molecule has 0 saturated carbocycles. The molecule has 5 heteroatoms. The first-order chi connectivity index (χ1) is 7.47. The van der Waals surface area contributed by atoms with Crippen molar-refractivity contribution in [2.75, 3.05) is 13.2 Å². The van der Waals surface area contributed by atoms with E-state index in [1.807, 2.05) is 6.92 Å². The van der Waals surface area contributed by atoms with Crippen LogP contribution in [0.15, 0.2) is 0 Å². The maximum atomic E-state index is 11.2. The third kappa shape index (κ3) is 6.98. The van der Waals surface area contributed by atoms with E-state index in [1.54, 1.807) is 6.92 Å². The fourth-order valence-corrected chi connectivity index (χ4v) is 0.861. The van der Waals surface area contributed by atoms with Crippen LogP contribution in [0.2, 0.25) is 0 Å². The second-order valence-electron chi connectivity index (χ2n) is 3.58. The number of rotatable bonds is 7. The maximum Gasteiger partial charge on any atom is 0.313 e. The van der Waals surface area contributed by atoms with E-state index >= 15 is 0 Å². The van der Waals surface area contributed by atoms with Crippen molar-refractivity contribution in [3.8, 4) is 0 Å². The standard InChI is InChI=1S/C11H18O5/c1-4-8(2)11(14)16-6-5-15-10(13)7-9(3)12/h8H,4-7H2,1-3H3. The fraction of sp³-hybridized carbons (Fsp3) is 0.727. The zero-order valence-corrected chi connectivity index (χ0v) is 9.95. The Labute approximate surface area is 95.1 Å². The van der Waals surface area contributed by atoms with Gasteiger partial charge in [0.15, 0.2) is 0 Å². The van der Waals surface area contributed by atoms with Crippen molar-refractivity contribution in [1.29, 1.82) is 0 Å². The van der Waals surface area contributed by atoms with E-state index in [0.717, 1.165) is 0 Å². The Morgan fingerprint density at radius 2 is 1.69 bits per heavy atom. The zero-order chi connectivity index (χ0) is 12.6. The number of carbonyl (C=O) groups is 3. The highest BCUT2D eigenvalue weighted by Crippen LogP contribution is 2.02. The van der Waals surface area contributed by atoms with E-state index in [2.05, 4.69) is 4.74 Å². The highest BCUT2D eigenvalue weighted by molar-refractivity contribution is 5.94. The number of hydrogen-bond donors (Lipinski definition) is 0. The number of esters is 2. The van der Waals surface area contributed by atoms with Crippen LogP contribution in [0.1, 0.15) is 33.6 Å². The minimum absolute atomic E-state index is 0.00567. The molecule has 0 radical (unpaired) electrons. The Morgan fingerprint density at radius 3 is 2.19 bits per heavy atom. The Kier molecular flexibility index (Phi) is 7.16. The van der Waals surface area contributed by atoms with E-state index in [4.69, 9.17) is 4.74 Å². The molecule has 0 aliphatic carbocycles. The third-order valence-corrected chi connectivity index (χ3v) is 2.00. The number of ether oxygens (including phenoxy) is 2. The van der Waals surface area contributed by atoms with Crippen LogP contribution in [0, 0.1) is 5.92 Å². The van der Waals surface area contributed by atoms with E-state index in [0.29, 0.717) is 6.42 Å². The molecule has 0 aromatic rings. The molecule has 0 aliphatic rings. The Hall–Kier alpha value is -1.39. The average Bonchev–Trinajstić information content (AvgIpc) is 2.21. The summed E-state index contributed by atoms with van der Waals surface area (Å²) >= 11 is 0. The molecule has 0 aromatic carbocycles. The fourth-order valence-electron chi connectivity index (χ4n) is 0.861. The van der Waals surface area contributed by atoms with Crippen molar-refractivity contribution in [3.05, 3.63) is 0 Å². The summed E-state index contributed by atoms with van der Waals surface area (Å²) in [6.07, 6.45) is 0.474. The van der Waals surface area contributed by atoms with Crippen molar-refractivity contribution >= 4 is 17.7 Å². The van der Waals surface area contributed by atoms with Gasteiger partial charge in [-0.25, -0.2) is 0 Å². The summed E-state index contributed by atoms with van der Waals surface area (Å²) in [5.41, 5.74) is 0. The highest BCUT2D eigenvalue weighted by Gasteiger charge is 2.12. The van der Waals surface area contributed by atoms with Crippen LogP contribution in [0.25, 0.3) is 0 Å². The topological polar surface area (TPSA) is 69.7 Å². The minimum atomic E-state index is -0.591. The second kappa shape index (κ2) is 7.84. The zero-order valence-electron chi connectivity index (χ0n) is 9.95. The Balaban J connectivity index is 3.57. The van der Waals surface area contributed by atoms with Crippen LogP contribution in [0.4, 0.5) is 0 Å². The van der Waals surface area contributed by atoms with Gasteiger partial charge in [-0.3, -0.25) is 14.4 Å². The molecule has 0 amide bonds. The smallest absolute Gasteiger partial charge is 0.313 e. The molecule has 0 fully saturated rings. The lowest BCUT2D eigenvalue weighted by Gasteiger charge is -2.09. The molecule has 92 valence electrons. The van der Waals surface area contributed by atoms with E-state index < -0.39 is 5.97 Å². The summed E-state index contributed by atoms with van der Waals surface area (Å²) in [6, 6.07) is 0. The monoisotopic (exact) mass is 230 g/mol. The van der Waals surface area contributed by atoms with Gasteiger partial charge in [-0.1, -0.05) is 13.8 Å². The van der Waals surface area contributed by atoms with Gasteiger partial charge < -0.3 is 9.47 Å². The first-order valence-corrected chi connectivity index (χ1v) is 5.29. The lowest BCUT2D eigenvalue weighted by molar-refractivity contribution is -0.155. The van der Waals surface area contributed by atoms with Crippen LogP contribution in [0.5, 0.6) is 0 Å². The lowest BCUT2D eigenvalue weighted by atomic mass is 10.1. The van der Waals surface area contributed by atoms with Gasteiger partial charge in [0.1, 0.15) is 25.4 Å². The molecular formula is C11H18O5. The first kappa shape index (κ1) is 14.6. The van der Waals surface area contributed by atoms with Crippen LogP contribution in [-0.2, 0) is 23.9 Å². The molecule has 16 heavy (non-hydrogen) atoms. The van der Waals surface area contributed by atoms with Crippen LogP contribution in [0.3, 0.4) is 0 Å². The lowest BCUT2D eigenvalue weighted by Crippen LogP contribution is -2.18. The molecule has 0 bridgehead atoms. The SMILES string of the molecule is CCC(C)C(=O)OCCOC(=O)CC(C)=O. The molecule has 0 spiro atoms. The molecule has 0 heterocycles. The van der Waals surface area contributed by atoms with Crippen molar-refractivity contribution in [2.45, 2.75) is 33.6 Å². The second-order valence-corrected chi connectivity index (χ2v) is 3.58. The molecular weight excluding hydrogens is 212 g/mol. The predicted molar refractivity (Wildman–Crippen MR) is 56.7 cm³/mol. The van der Waals surface area contributed by atoms with Crippen LogP contribution in [-0.4, -0.2) is 30.9 Å². The molecule has 1 atom stereocenters. The normalized spacial score (nSPS) is 11.7. The van der Waals surface area contributed by atoms with Crippen molar-refractivity contribution in [3.63, 3.8) is 0 Å². The van der Waals surface area contributed by atoms with Gasteiger partial charge >= 0.3 is 11.9 Å². The van der Waals surface area contributed by atoms with Gasteiger partial charge in [0.25, 0.3) is 0 Å². The summed E-state index contributed by atoms with van der Waals surface area (Å²) in [6.45, 7) is 4.99. The molecule has 0 saturated heterocycles. The van der Waals surface area contributed by atoms with Gasteiger partial charge in [-0.05, 0) is 13.3 Å². The summed E-state index contributed by atoms with van der Waals surface area (Å²) in [7, 11) is 0. The summed E-state index contributed by atoms with van der Waals surface area (Å²) in [4.78, 5) is 32.6. The number of hydrogen-bond acceptors (Lipinski definition) is 5. The van der Waals surface area contributed by atoms with E-state index in [-0.39, 0.29) is 37.3 Å². The molecule has 1 unspecified atom stereocenters. The molecule has 0 rings (SSSR count). The number of carbonyl (C=O) groups excluding carboxylic acids is 3. The van der Waals surface area contributed by atoms with Gasteiger partial charge in [0, 0.05) is 0 Å². The molecule has 5 nitrogen and oxygen atoms in total. The van der Waals surface area contributed by atoms with Gasteiger partial charge in [-0.2, -0.15) is 0 Å². The summed E-state index contributed by atoms with van der Waals surface area (Å²) in [5, 5.41) is 0. The largest absolute Gasteiger partial charge is 0.462 e. The number of Topliss-reactive ketones (excluding diaryl/α,β-unsaturated/α-hetero) is 1. The van der Waals surface area contributed by atoms with Crippen molar-refractivity contribution < 1.29 is 23.9 Å². The third-order valence-electron chi connectivity index (χ3n) is 2.00. The first-order valence-electron chi connectivity index (χ1n) is 5.29. The molecule has 0 aromatic heterocycles. The van der Waals surface area contributed by atoms with Crippen molar-refractivity contribution in [2.24, 2.45) is 5.92 Å². The Morgan fingerprint density at radius 1 is 1.12 bits per heavy atom. The average molecular weight is 230 g/mol. The summed E-state index contributed by atoms with van der Waals surface area (Å²) < 4.78 is 9.53. The van der Waals surface area contributed by atoms with Crippen LogP contribution >= 0.6 is 0 Å².